The lowest BCUT2D eigenvalue weighted by Crippen LogP contribution is -2.20. The van der Waals surface area contributed by atoms with Gasteiger partial charge in [0.15, 0.2) is 0 Å². The summed E-state index contributed by atoms with van der Waals surface area (Å²) in [6.45, 7) is 1.65. The Morgan fingerprint density at radius 1 is 1.30 bits per heavy atom. The number of nitro benzene ring substituents is 1. The van der Waals surface area contributed by atoms with Crippen LogP contribution in [0.25, 0.3) is 10.9 Å². The first-order chi connectivity index (χ1) is 11.2. The fourth-order valence-electron chi connectivity index (χ4n) is 3.17. The number of hydrogen-bond donors (Lipinski definition) is 1. The average molecular weight is 310 g/mol. The van der Waals surface area contributed by atoms with Gasteiger partial charge < -0.3 is 4.90 Å². The highest BCUT2D eigenvalue weighted by atomic mass is 16.6. The van der Waals surface area contributed by atoms with Crippen LogP contribution in [0.15, 0.2) is 36.8 Å². The van der Waals surface area contributed by atoms with Gasteiger partial charge in [-0.25, -0.2) is 4.98 Å². The predicted octanol–water partition coefficient (Wildman–Crippen LogP) is 2.25. The van der Waals surface area contributed by atoms with Gasteiger partial charge >= 0.3 is 0 Å². The summed E-state index contributed by atoms with van der Waals surface area (Å²) in [6.07, 6.45) is 4.14. The van der Waals surface area contributed by atoms with Crippen LogP contribution in [0.3, 0.4) is 0 Å². The molecule has 1 aliphatic rings. The molecule has 1 aliphatic heterocycles. The van der Waals surface area contributed by atoms with E-state index in [1.54, 1.807) is 30.5 Å². The molecule has 1 atom stereocenters. The van der Waals surface area contributed by atoms with Gasteiger partial charge in [0.25, 0.3) is 5.69 Å². The second kappa shape index (κ2) is 5.31. The lowest BCUT2D eigenvalue weighted by molar-refractivity contribution is -0.383. The number of nitro groups is 1. The quantitative estimate of drug-likeness (QED) is 0.588. The molecule has 3 aromatic rings. The summed E-state index contributed by atoms with van der Waals surface area (Å²) >= 11 is 0. The van der Waals surface area contributed by atoms with E-state index in [2.05, 4.69) is 25.1 Å². The molecule has 0 spiro atoms. The maximum absolute atomic E-state index is 11.2. The molecule has 23 heavy (non-hydrogen) atoms. The Morgan fingerprint density at radius 3 is 3.00 bits per heavy atom. The second-order valence-corrected chi connectivity index (χ2v) is 5.56. The number of non-ortho nitro benzene ring substituents is 1. The lowest BCUT2D eigenvalue weighted by Gasteiger charge is -2.19. The molecule has 0 unspecified atom stereocenters. The molecule has 0 aliphatic carbocycles. The zero-order valence-corrected chi connectivity index (χ0v) is 12.2. The van der Waals surface area contributed by atoms with E-state index < -0.39 is 0 Å². The standard InChI is InChI=1S/C15H14N6O2/c22-21(23)12-3-4-13(14-11(12)2-1-6-16-14)20-7-5-10(8-20)15-17-9-18-19-15/h1-4,6,9-10H,5,7-8H2,(H,17,18,19)/t10-/m1/s1. The number of nitrogens with zero attached hydrogens (tertiary/aromatic N) is 5. The highest BCUT2D eigenvalue weighted by molar-refractivity contribution is 5.97. The van der Waals surface area contributed by atoms with Crippen LogP contribution in [-0.4, -0.2) is 38.2 Å². The van der Waals surface area contributed by atoms with Gasteiger partial charge in [0.1, 0.15) is 17.7 Å². The molecule has 0 radical (unpaired) electrons. The van der Waals surface area contributed by atoms with Crippen LogP contribution in [0.2, 0.25) is 0 Å². The number of rotatable bonds is 3. The largest absolute Gasteiger partial charge is 0.369 e. The number of hydrogen-bond acceptors (Lipinski definition) is 6. The smallest absolute Gasteiger partial charge is 0.278 e. The molecular weight excluding hydrogens is 296 g/mol. The molecule has 1 saturated heterocycles. The number of H-pyrrole nitrogens is 1. The van der Waals surface area contributed by atoms with Crippen molar-refractivity contribution >= 4 is 22.3 Å². The molecule has 8 heteroatoms. The van der Waals surface area contributed by atoms with Crippen LogP contribution in [-0.2, 0) is 0 Å². The summed E-state index contributed by atoms with van der Waals surface area (Å²) in [5.41, 5.74) is 1.68. The number of anilines is 1. The number of aromatic nitrogens is 4. The SMILES string of the molecule is O=[N+]([O-])c1ccc(N2CC[C@@H](c3ncn[nH]3)C2)c2ncccc12. The average Bonchev–Trinajstić information content (AvgIpc) is 3.24. The van der Waals surface area contributed by atoms with E-state index in [0.29, 0.717) is 10.9 Å². The highest BCUT2D eigenvalue weighted by Gasteiger charge is 2.28. The summed E-state index contributed by atoms with van der Waals surface area (Å²) in [4.78, 5) is 21.6. The number of aromatic amines is 1. The van der Waals surface area contributed by atoms with Crippen LogP contribution in [0.1, 0.15) is 18.2 Å². The van der Waals surface area contributed by atoms with Gasteiger partial charge in [-0.1, -0.05) is 0 Å². The third-order valence-corrected chi connectivity index (χ3v) is 4.27. The molecular formula is C15H14N6O2. The fourth-order valence-corrected chi connectivity index (χ4v) is 3.17. The topological polar surface area (TPSA) is 101 Å². The Hall–Kier alpha value is -3.03. The first kappa shape index (κ1) is 13.6. The van der Waals surface area contributed by atoms with Crippen molar-refractivity contribution < 1.29 is 4.92 Å². The van der Waals surface area contributed by atoms with E-state index in [1.807, 2.05) is 0 Å². The summed E-state index contributed by atoms with van der Waals surface area (Å²) in [5.74, 6) is 1.16. The van der Waals surface area contributed by atoms with Crippen LogP contribution in [0.4, 0.5) is 11.4 Å². The van der Waals surface area contributed by atoms with E-state index in [1.165, 1.54) is 6.33 Å². The molecule has 116 valence electrons. The molecule has 3 heterocycles. The van der Waals surface area contributed by atoms with Gasteiger partial charge in [-0.15, -0.1) is 0 Å². The van der Waals surface area contributed by atoms with Crippen molar-refractivity contribution in [2.75, 3.05) is 18.0 Å². The molecule has 1 aromatic carbocycles. The lowest BCUT2D eigenvalue weighted by atomic mass is 10.1. The maximum atomic E-state index is 11.2. The first-order valence-electron chi connectivity index (χ1n) is 7.36. The van der Waals surface area contributed by atoms with E-state index in [0.717, 1.165) is 31.0 Å². The maximum Gasteiger partial charge on any atom is 0.278 e. The molecule has 0 saturated carbocycles. The van der Waals surface area contributed by atoms with Crippen molar-refractivity contribution in [1.82, 2.24) is 20.2 Å². The Labute approximate surface area is 131 Å². The van der Waals surface area contributed by atoms with Gasteiger partial charge in [-0.3, -0.25) is 20.2 Å². The summed E-state index contributed by atoms with van der Waals surface area (Å²) in [7, 11) is 0. The minimum atomic E-state index is -0.366. The van der Waals surface area contributed by atoms with Crippen LogP contribution in [0.5, 0.6) is 0 Å². The van der Waals surface area contributed by atoms with Gasteiger partial charge in [0.2, 0.25) is 0 Å². The van der Waals surface area contributed by atoms with Crippen molar-refractivity contribution in [3.63, 3.8) is 0 Å². The third kappa shape index (κ3) is 2.28. The normalized spacial score (nSPS) is 17.7. The van der Waals surface area contributed by atoms with E-state index >= 15 is 0 Å². The number of nitrogens with one attached hydrogen (secondary N) is 1. The second-order valence-electron chi connectivity index (χ2n) is 5.56. The van der Waals surface area contributed by atoms with Crippen LogP contribution < -0.4 is 4.90 Å². The zero-order valence-electron chi connectivity index (χ0n) is 12.2. The molecule has 1 N–H and O–H groups in total. The van der Waals surface area contributed by atoms with Crippen molar-refractivity contribution in [1.29, 1.82) is 0 Å². The minimum absolute atomic E-state index is 0.0860. The third-order valence-electron chi connectivity index (χ3n) is 4.27. The summed E-state index contributed by atoms with van der Waals surface area (Å²) in [5, 5.41) is 18.6. The monoisotopic (exact) mass is 310 g/mol. The van der Waals surface area contributed by atoms with Gasteiger partial charge in [0.05, 0.1) is 16.0 Å². The van der Waals surface area contributed by atoms with Crippen LogP contribution >= 0.6 is 0 Å². The first-order valence-corrected chi connectivity index (χ1v) is 7.36. The van der Waals surface area contributed by atoms with Crippen molar-refractivity contribution in [3.8, 4) is 0 Å². The Balaban J connectivity index is 1.73. The fraction of sp³-hybridized carbons (Fsp3) is 0.267. The summed E-state index contributed by atoms with van der Waals surface area (Å²) in [6, 6.07) is 6.81. The van der Waals surface area contributed by atoms with E-state index in [-0.39, 0.29) is 16.5 Å². The molecule has 2 aromatic heterocycles. The van der Waals surface area contributed by atoms with Crippen molar-refractivity contribution in [2.45, 2.75) is 12.3 Å². The molecule has 0 bridgehead atoms. The van der Waals surface area contributed by atoms with Crippen molar-refractivity contribution in [2.24, 2.45) is 0 Å². The number of fused-ring (bicyclic) bond motifs is 1. The molecule has 0 amide bonds. The Morgan fingerprint density at radius 2 is 2.22 bits per heavy atom. The molecule has 1 fully saturated rings. The van der Waals surface area contributed by atoms with Gasteiger partial charge in [-0.05, 0) is 24.6 Å². The van der Waals surface area contributed by atoms with Crippen LogP contribution in [0, 0.1) is 10.1 Å². The molecule has 8 nitrogen and oxygen atoms in total. The van der Waals surface area contributed by atoms with E-state index in [4.69, 9.17) is 0 Å². The van der Waals surface area contributed by atoms with Crippen molar-refractivity contribution in [3.05, 3.63) is 52.7 Å². The van der Waals surface area contributed by atoms with Gasteiger partial charge in [-0.2, -0.15) is 5.10 Å². The zero-order chi connectivity index (χ0) is 15.8. The highest BCUT2D eigenvalue weighted by Crippen LogP contribution is 2.35. The molecule has 4 rings (SSSR count). The van der Waals surface area contributed by atoms with Gasteiger partial charge in [0, 0.05) is 31.3 Å². The number of pyridine rings is 1. The Kier molecular flexibility index (Phi) is 3.14. The minimum Gasteiger partial charge on any atom is -0.369 e. The van der Waals surface area contributed by atoms with E-state index in [9.17, 15) is 10.1 Å². The Bertz CT molecular complexity index is 864. The summed E-state index contributed by atoms with van der Waals surface area (Å²) < 4.78 is 0. The predicted molar refractivity (Wildman–Crippen MR) is 84.4 cm³/mol. The number of benzene rings is 1.